The van der Waals surface area contributed by atoms with Crippen LogP contribution in [-0.4, -0.2) is 16.9 Å². The number of carbonyl (C=O) groups is 2. The summed E-state index contributed by atoms with van der Waals surface area (Å²) in [4.78, 5) is 23.7. The number of phenols is 1. The molecule has 0 atom stereocenters. The van der Waals surface area contributed by atoms with E-state index in [1.807, 2.05) is 0 Å². The highest BCUT2D eigenvalue weighted by atomic mass is 16.5. The number of ketones is 1. The summed E-state index contributed by atoms with van der Waals surface area (Å²) >= 11 is 0. The normalized spacial score (nSPS) is 9.95. The Kier molecular flexibility index (Phi) is 4.18. The van der Waals surface area contributed by atoms with Crippen molar-refractivity contribution in [3.05, 3.63) is 71.8 Å². The summed E-state index contributed by atoms with van der Waals surface area (Å²) in [6, 6.07) is 11.7. The van der Waals surface area contributed by atoms with E-state index in [-0.39, 0.29) is 22.8 Å². The predicted octanol–water partition coefficient (Wildman–Crippen LogP) is 3.02. The van der Waals surface area contributed by atoms with Crippen molar-refractivity contribution in [2.45, 2.75) is 6.92 Å². The summed E-state index contributed by atoms with van der Waals surface area (Å²) in [7, 11) is 0. The van der Waals surface area contributed by atoms with Gasteiger partial charge in [-0.1, -0.05) is 43.0 Å². The Hall–Kier alpha value is -2.88. The topological polar surface area (TPSA) is 63.6 Å². The molecule has 4 heteroatoms. The Morgan fingerprint density at radius 1 is 1.14 bits per heavy atom. The van der Waals surface area contributed by atoms with Crippen LogP contribution in [0.25, 0.3) is 0 Å². The zero-order chi connectivity index (χ0) is 15.4. The monoisotopic (exact) mass is 282 g/mol. The molecule has 1 N–H and O–H groups in total. The van der Waals surface area contributed by atoms with Gasteiger partial charge in [-0.2, -0.15) is 0 Å². The van der Waals surface area contributed by atoms with Crippen molar-refractivity contribution < 1.29 is 19.4 Å². The van der Waals surface area contributed by atoms with Gasteiger partial charge in [-0.25, -0.2) is 4.79 Å². The molecule has 0 spiro atoms. The van der Waals surface area contributed by atoms with Gasteiger partial charge >= 0.3 is 5.97 Å². The van der Waals surface area contributed by atoms with Crippen molar-refractivity contribution in [1.82, 2.24) is 0 Å². The Labute approximate surface area is 122 Å². The molecule has 2 aromatic carbocycles. The summed E-state index contributed by atoms with van der Waals surface area (Å²) in [6.45, 7) is 4.97. The maximum atomic E-state index is 12.4. The molecule has 2 rings (SSSR count). The summed E-state index contributed by atoms with van der Waals surface area (Å²) in [6.07, 6.45) is 0.991. The lowest BCUT2D eigenvalue weighted by molar-refractivity contribution is -0.129. The first kappa shape index (κ1) is 14.5. The molecule has 4 nitrogen and oxygen atoms in total. The summed E-state index contributed by atoms with van der Waals surface area (Å²) in [5.74, 6) is -1.41. The second kappa shape index (κ2) is 6.05. The Morgan fingerprint density at radius 3 is 2.43 bits per heavy atom. The van der Waals surface area contributed by atoms with Crippen LogP contribution in [0.2, 0.25) is 0 Å². The molecule has 21 heavy (non-hydrogen) atoms. The zero-order valence-corrected chi connectivity index (χ0v) is 11.5. The number of rotatable bonds is 4. The third kappa shape index (κ3) is 3.00. The molecular formula is C17H14O4. The van der Waals surface area contributed by atoms with Crippen LogP contribution in [0.1, 0.15) is 21.5 Å². The van der Waals surface area contributed by atoms with Crippen LogP contribution >= 0.6 is 0 Å². The van der Waals surface area contributed by atoms with Gasteiger partial charge in [0.25, 0.3) is 0 Å². The standard InChI is InChI=1S/C17H14O4/c1-3-14(18)21-17-11(2)9-10-13(16(17)20)15(19)12-7-5-4-6-8-12/h3-10,20H,1H2,2H3. The average Bonchev–Trinajstić information content (AvgIpc) is 2.51. The van der Waals surface area contributed by atoms with Crippen LogP contribution in [0.15, 0.2) is 55.1 Å². The van der Waals surface area contributed by atoms with E-state index >= 15 is 0 Å². The number of esters is 1. The molecular weight excluding hydrogens is 268 g/mol. The van der Waals surface area contributed by atoms with Crippen LogP contribution in [0.5, 0.6) is 11.5 Å². The van der Waals surface area contributed by atoms with Crippen molar-refractivity contribution in [3.8, 4) is 11.5 Å². The number of aryl methyl sites for hydroxylation is 1. The van der Waals surface area contributed by atoms with E-state index < -0.39 is 5.97 Å². The number of ether oxygens (including phenoxy) is 1. The molecule has 0 aromatic heterocycles. The summed E-state index contributed by atoms with van der Waals surface area (Å²) in [5.41, 5.74) is 1.07. The van der Waals surface area contributed by atoms with Gasteiger partial charge < -0.3 is 9.84 Å². The number of phenolic OH excluding ortho intramolecular Hbond substituents is 1. The minimum atomic E-state index is -0.697. The van der Waals surface area contributed by atoms with E-state index in [0.29, 0.717) is 11.1 Å². The van der Waals surface area contributed by atoms with Gasteiger partial charge in [0.2, 0.25) is 0 Å². The van der Waals surface area contributed by atoms with Crippen LogP contribution < -0.4 is 4.74 Å². The van der Waals surface area contributed by atoms with Crippen LogP contribution in [0.3, 0.4) is 0 Å². The molecule has 0 aliphatic carbocycles. The van der Waals surface area contributed by atoms with E-state index in [1.165, 1.54) is 6.07 Å². The zero-order valence-electron chi connectivity index (χ0n) is 11.5. The average molecular weight is 282 g/mol. The molecule has 0 unspecified atom stereocenters. The van der Waals surface area contributed by atoms with E-state index in [1.54, 1.807) is 43.3 Å². The van der Waals surface area contributed by atoms with E-state index in [4.69, 9.17) is 4.74 Å². The summed E-state index contributed by atoms with van der Waals surface area (Å²) < 4.78 is 4.99. The lowest BCUT2D eigenvalue weighted by Gasteiger charge is -2.11. The SMILES string of the molecule is C=CC(=O)Oc1c(C)ccc(C(=O)c2ccccc2)c1O. The van der Waals surface area contributed by atoms with Gasteiger partial charge in [0.05, 0.1) is 5.56 Å². The fourth-order valence-electron chi connectivity index (χ4n) is 1.87. The fourth-order valence-corrected chi connectivity index (χ4v) is 1.87. The van der Waals surface area contributed by atoms with Crippen LogP contribution in [-0.2, 0) is 4.79 Å². The molecule has 0 amide bonds. The van der Waals surface area contributed by atoms with Crippen molar-refractivity contribution >= 4 is 11.8 Å². The number of aromatic hydroxyl groups is 1. The number of carbonyl (C=O) groups excluding carboxylic acids is 2. The van der Waals surface area contributed by atoms with E-state index in [9.17, 15) is 14.7 Å². The maximum absolute atomic E-state index is 12.4. The largest absolute Gasteiger partial charge is 0.504 e. The fraction of sp³-hybridized carbons (Fsp3) is 0.0588. The molecule has 0 aliphatic heterocycles. The van der Waals surface area contributed by atoms with Crippen LogP contribution in [0, 0.1) is 6.92 Å². The molecule has 0 aliphatic rings. The second-order valence-electron chi connectivity index (χ2n) is 4.43. The lowest BCUT2D eigenvalue weighted by Crippen LogP contribution is -2.07. The van der Waals surface area contributed by atoms with Crippen LogP contribution in [0.4, 0.5) is 0 Å². The Bertz CT molecular complexity index is 702. The van der Waals surface area contributed by atoms with Crippen molar-refractivity contribution in [2.75, 3.05) is 0 Å². The molecule has 0 radical (unpaired) electrons. The second-order valence-corrected chi connectivity index (χ2v) is 4.43. The van der Waals surface area contributed by atoms with Crippen molar-refractivity contribution in [2.24, 2.45) is 0 Å². The number of hydrogen-bond donors (Lipinski definition) is 1. The molecule has 2 aromatic rings. The van der Waals surface area contributed by atoms with Crippen molar-refractivity contribution in [3.63, 3.8) is 0 Å². The van der Waals surface area contributed by atoms with Gasteiger partial charge in [0.1, 0.15) is 0 Å². The number of benzene rings is 2. The van der Waals surface area contributed by atoms with E-state index in [0.717, 1.165) is 6.08 Å². The Balaban J connectivity index is 2.46. The highest BCUT2D eigenvalue weighted by Gasteiger charge is 2.19. The smallest absolute Gasteiger partial charge is 0.335 e. The number of hydrogen-bond acceptors (Lipinski definition) is 4. The maximum Gasteiger partial charge on any atom is 0.335 e. The molecule has 0 saturated heterocycles. The molecule has 0 saturated carbocycles. The van der Waals surface area contributed by atoms with Gasteiger partial charge in [-0.05, 0) is 18.6 Å². The summed E-state index contributed by atoms with van der Waals surface area (Å²) in [5, 5.41) is 10.2. The quantitative estimate of drug-likeness (QED) is 0.405. The van der Waals surface area contributed by atoms with Gasteiger partial charge in [-0.3, -0.25) is 4.79 Å². The molecule has 0 heterocycles. The highest BCUT2D eigenvalue weighted by molar-refractivity contribution is 6.11. The lowest BCUT2D eigenvalue weighted by atomic mass is 10.0. The first-order valence-corrected chi connectivity index (χ1v) is 6.31. The van der Waals surface area contributed by atoms with Gasteiger partial charge in [0.15, 0.2) is 17.3 Å². The third-order valence-electron chi connectivity index (χ3n) is 2.98. The van der Waals surface area contributed by atoms with Gasteiger partial charge in [-0.15, -0.1) is 0 Å². The predicted molar refractivity (Wildman–Crippen MR) is 78.6 cm³/mol. The Morgan fingerprint density at radius 2 is 1.81 bits per heavy atom. The highest BCUT2D eigenvalue weighted by Crippen LogP contribution is 2.34. The molecule has 0 bridgehead atoms. The van der Waals surface area contributed by atoms with E-state index in [2.05, 4.69) is 6.58 Å². The molecule has 106 valence electrons. The van der Waals surface area contributed by atoms with Crippen molar-refractivity contribution in [1.29, 1.82) is 0 Å². The minimum Gasteiger partial charge on any atom is -0.504 e. The first-order chi connectivity index (χ1) is 10.0. The first-order valence-electron chi connectivity index (χ1n) is 6.31. The molecule has 0 fully saturated rings. The van der Waals surface area contributed by atoms with Gasteiger partial charge in [0, 0.05) is 11.6 Å². The third-order valence-corrected chi connectivity index (χ3v) is 2.98. The minimum absolute atomic E-state index is 0.0262.